The van der Waals surface area contributed by atoms with E-state index in [1.165, 1.54) is 11.8 Å². The molecule has 1 amide bonds. The molecule has 25 heavy (non-hydrogen) atoms. The van der Waals surface area contributed by atoms with Crippen molar-refractivity contribution in [1.29, 1.82) is 0 Å². The zero-order valence-electron chi connectivity index (χ0n) is 14.1. The van der Waals surface area contributed by atoms with Crippen molar-refractivity contribution in [3.63, 3.8) is 0 Å². The summed E-state index contributed by atoms with van der Waals surface area (Å²) in [6, 6.07) is 17.5. The van der Waals surface area contributed by atoms with Gasteiger partial charge in [0.2, 0.25) is 0 Å². The summed E-state index contributed by atoms with van der Waals surface area (Å²) in [5, 5.41) is 3.16. The Hall–Kier alpha value is -2.25. The number of ether oxygens (including phenoxy) is 1. The average Bonchev–Trinajstić information content (AvgIpc) is 2.65. The molecule has 3 N–H and O–H groups in total. The summed E-state index contributed by atoms with van der Waals surface area (Å²) in [5.41, 5.74) is 6.41. The summed E-state index contributed by atoms with van der Waals surface area (Å²) in [7, 11) is 1.63. The van der Waals surface area contributed by atoms with Crippen LogP contribution in [0, 0.1) is 0 Å². The second-order valence-electron chi connectivity index (χ2n) is 5.22. The number of thiocarbonyl (C=S) groups is 1. The third-order valence-corrected chi connectivity index (χ3v) is 4.70. The van der Waals surface area contributed by atoms with Crippen molar-refractivity contribution < 1.29 is 9.53 Å². The first-order chi connectivity index (χ1) is 12.1. The first-order valence-corrected chi connectivity index (χ1v) is 9.05. The maximum absolute atomic E-state index is 12.1. The minimum atomic E-state index is -0.237. The number of methoxy groups -OCH3 is 1. The van der Waals surface area contributed by atoms with Crippen LogP contribution >= 0.6 is 24.0 Å². The molecule has 0 aliphatic heterocycles. The summed E-state index contributed by atoms with van der Waals surface area (Å²) in [5.74, 6) is 0.670. The van der Waals surface area contributed by atoms with E-state index in [2.05, 4.69) is 16.2 Å². The molecular weight excluding hydrogens is 354 g/mol. The number of thioether (sulfide) groups is 1. The van der Waals surface area contributed by atoms with E-state index in [9.17, 15) is 4.79 Å². The van der Waals surface area contributed by atoms with Gasteiger partial charge in [0, 0.05) is 11.4 Å². The Kier molecular flexibility index (Phi) is 7.56. The zero-order valence-corrected chi connectivity index (χ0v) is 15.7. The van der Waals surface area contributed by atoms with Crippen LogP contribution in [0.4, 0.5) is 0 Å². The van der Waals surface area contributed by atoms with Crippen LogP contribution in [-0.2, 0) is 11.3 Å². The molecule has 0 aliphatic rings. The molecule has 2 aromatic carbocycles. The molecule has 0 fully saturated rings. The smallest absolute Gasteiger partial charge is 0.251 e. The number of rotatable bonds is 6. The fourth-order valence-corrected chi connectivity index (χ4v) is 2.96. The molecule has 2 rings (SSSR count). The molecule has 0 bridgehead atoms. The lowest BCUT2D eigenvalue weighted by molar-refractivity contribution is -0.120. The summed E-state index contributed by atoms with van der Waals surface area (Å²) in [6.07, 6.45) is 0. The quantitative estimate of drug-likeness (QED) is 0.410. The highest BCUT2D eigenvalue weighted by Crippen LogP contribution is 2.22. The normalized spacial score (nSPS) is 11.3. The first-order valence-electron chi connectivity index (χ1n) is 7.77. The van der Waals surface area contributed by atoms with Crippen LogP contribution in [0.3, 0.4) is 0 Å². The van der Waals surface area contributed by atoms with Crippen molar-refractivity contribution in [1.82, 2.24) is 16.2 Å². The van der Waals surface area contributed by atoms with E-state index in [0.717, 1.165) is 16.2 Å². The average molecular weight is 376 g/mol. The molecule has 0 saturated carbocycles. The molecule has 132 valence electrons. The lowest BCUT2D eigenvalue weighted by Crippen LogP contribution is -2.48. The summed E-state index contributed by atoms with van der Waals surface area (Å²) in [6.45, 7) is 2.41. The van der Waals surface area contributed by atoms with Gasteiger partial charge in [0.1, 0.15) is 5.75 Å². The van der Waals surface area contributed by atoms with E-state index in [1.807, 2.05) is 61.5 Å². The van der Waals surface area contributed by atoms with Gasteiger partial charge < -0.3 is 10.1 Å². The molecule has 0 unspecified atom stereocenters. The number of hydrogen-bond acceptors (Lipinski definition) is 4. The predicted octanol–water partition coefficient (Wildman–Crippen LogP) is 2.87. The molecule has 0 spiro atoms. The summed E-state index contributed by atoms with van der Waals surface area (Å²) in [4.78, 5) is 13.1. The highest BCUT2D eigenvalue weighted by Gasteiger charge is 2.14. The van der Waals surface area contributed by atoms with Crippen LogP contribution in [0.1, 0.15) is 12.5 Å². The molecule has 0 saturated heterocycles. The largest absolute Gasteiger partial charge is 0.497 e. The van der Waals surface area contributed by atoms with Crippen LogP contribution in [-0.4, -0.2) is 23.4 Å². The Bertz CT molecular complexity index is 693. The van der Waals surface area contributed by atoms with Crippen LogP contribution in [0.5, 0.6) is 5.75 Å². The van der Waals surface area contributed by atoms with E-state index in [0.29, 0.717) is 11.7 Å². The predicted molar refractivity (Wildman–Crippen MR) is 105 cm³/mol. The first kappa shape index (κ1) is 19.1. The van der Waals surface area contributed by atoms with Gasteiger partial charge in [-0.05, 0) is 49.0 Å². The van der Waals surface area contributed by atoms with Gasteiger partial charge in [0.15, 0.2) is 5.11 Å². The molecule has 0 radical (unpaired) electrons. The van der Waals surface area contributed by atoms with E-state index >= 15 is 0 Å². The van der Waals surface area contributed by atoms with Crippen molar-refractivity contribution in [2.75, 3.05) is 7.11 Å². The third-order valence-electron chi connectivity index (χ3n) is 3.34. The Labute approximate surface area is 157 Å². The van der Waals surface area contributed by atoms with Gasteiger partial charge in [-0.2, -0.15) is 0 Å². The fraction of sp³-hybridized carbons (Fsp3) is 0.222. The van der Waals surface area contributed by atoms with Crippen molar-refractivity contribution >= 4 is 35.0 Å². The monoisotopic (exact) mass is 375 g/mol. The number of carbonyl (C=O) groups excluding carboxylic acids is 1. The fourth-order valence-electron chi connectivity index (χ4n) is 1.95. The SMILES string of the molecule is COc1ccc(CNC(=S)NNC(=O)[C@@H](C)Sc2ccccc2)cc1. The number of hydrazine groups is 1. The number of hydrogen-bond donors (Lipinski definition) is 3. The lowest BCUT2D eigenvalue weighted by atomic mass is 10.2. The van der Waals surface area contributed by atoms with Crippen LogP contribution in [0.2, 0.25) is 0 Å². The van der Waals surface area contributed by atoms with Crippen LogP contribution in [0.15, 0.2) is 59.5 Å². The van der Waals surface area contributed by atoms with Gasteiger partial charge >= 0.3 is 0 Å². The van der Waals surface area contributed by atoms with Crippen LogP contribution < -0.4 is 20.9 Å². The Balaban J connectivity index is 1.70. The third kappa shape index (κ3) is 6.64. The molecule has 0 aliphatic carbocycles. The number of nitrogens with one attached hydrogen (secondary N) is 3. The van der Waals surface area contributed by atoms with Gasteiger partial charge in [0.25, 0.3) is 5.91 Å². The minimum Gasteiger partial charge on any atom is -0.497 e. The van der Waals surface area contributed by atoms with Gasteiger partial charge in [-0.15, -0.1) is 11.8 Å². The summed E-state index contributed by atoms with van der Waals surface area (Å²) >= 11 is 6.66. The topological polar surface area (TPSA) is 62.4 Å². The van der Waals surface area contributed by atoms with Crippen molar-refractivity contribution in [2.45, 2.75) is 23.6 Å². The minimum absolute atomic E-state index is 0.137. The molecule has 1 atom stereocenters. The zero-order chi connectivity index (χ0) is 18.1. The maximum atomic E-state index is 12.1. The number of carbonyl (C=O) groups is 1. The maximum Gasteiger partial charge on any atom is 0.251 e. The summed E-state index contributed by atoms with van der Waals surface area (Å²) < 4.78 is 5.12. The van der Waals surface area contributed by atoms with E-state index in [4.69, 9.17) is 17.0 Å². The Morgan fingerprint density at radius 3 is 2.44 bits per heavy atom. The number of amides is 1. The van der Waals surface area contributed by atoms with Gasteiger partial charge in [0.05, 0.1) is 12.4 Å². The Morgan fingerprint density at radius 2 is 1.80 bits per heavy atom. The van der Waals surface area contributed by atoms with Gasteiger partial charge in [-0.1, -0.05) is 30.3 Å². The van der Waals surface area contributed by atoms with E-state index in [-0.39, 0.29) is 11.2 Å². The molecule has 0 aromatic heterocycles. The highest BCUT2D eigenvalue weighted by atomic mass is 32.2. The molecule has 2 aromatic rings. The number of benzene rings is 2. The Morgan fingerprint density at radius 1 is 1.12 bits per heavy atom. The van der Waals surface area contributed by atoms with Gasteiger partial charge in [-0.25, -0.2) is 0 Å². The standard InChI is InChI=1S/C18H21N3O2S2/c1-13(25-16-6-4-3-5-7-16)17(22)20-21-18(24)19-12-14-8-10-15(23-2)11-9-14/h3-11,13H,12H2,1-2H3,(H,20,22)(H2,19,21,24)/t13-/m1/s1. The van der Waals surface area contributed by atoms with Crippen LogP contribution in [0.25, 0.3) is 0 Å². The second-order valence-corrected chi connectivity index (χ2v) is 7.04. The lowest BCUT2D eigenvalue weighted by Gasteiger charge is -2.15. The van der Waals surface area contributed by atoms with E-state index in [1.54, 1.807) is 7.11 Å². The van der Waals surface area contributed by atoms with E-state index < -0.39 is 0 Å². The highest BCUT2D eigenvalue weighted by molar-refractivity contribution is 8.00. The molecule has 7 heteroatoms. The second kappa shape index (κ2) is 9.90. The van der Waals surface area contributed by atoms with Crippen molar-refractivity contribution in [2.24, 2.45) is 0 Å². The van der Waals surface area contributed by atoms with Crippen molar-refractivity contribution in [3.05, 3.63) is 60.2 Å². The molecular formula is C18H21N3O2S2. The van der Waals surface area contributed by atoms with Gasteiger partial charge in [-0.3, -0.25) is 15.6 Å². The molecule has 0 heterocycles. The molecule has 5 nitrogen and oxygen atoms in total. The van der Waals surface area contributed by atoms with Crippen molar-refractivity contribution in [3.8, 4) is 5.75 Å².